The van der Waals surface area contributed by atoms with E-state index >= 15 is 0 Å². The molecule has 7 heteroatoms. The number of benzene rings is 2. The fourth-order valence-electron chi connectivity index (χ4n) is 2.78. The highest BCUT2D eigenvalue weighted by Crippen LogP contribution is 2.23. The van der Waals surface area contributed by atoms with Gasteiger partial charge < -0.3 is 14.8 Å². The Hall–Kier alpha value is -2.93. The van der Waals surface area contributed by atoms with Gasteiger partial charge in [-0.05, 0) is 43.2 Å². The van der Waals surface area contributed by atoms with Crippen molar-refractivity contribution in [1.82, 2.24) is 5.32 Å². The maximum absolute atomic E-state index is 13.4. The highest BCUT2D eigenvalue weighted by atomic mass is 19.1. The van der Waals surface area contributed by atoms with E-state index in [1.165, 1.54) is 18.2 Å². The fourth-order valence-corrected chi connectivity index (χ4v) is 2.78. The lowest BCUT2D eigenvalue weighted by atomic mass is 10.2. The summed E-state index contributed by atoms with van der Waals surface area (Å²) in [6.45, 7) is 1.14. The van der Waals surface area contributed by atoms with Crippen molar-refractivity contribution in [2.24, 2.45) is 4.99 Å². The molecule has 2 aromatic carbocycles. The standard InChI is InChI=1S/C20H22FN3O3/c1-26-18-10-3-2-9-17(18)23-20(22-13-16-8-5-11-27-16)24-19(25)14-6-4-7-15(21)12-14/h2-4,6-7,9-10,12,16H,5,8,11,13H2,1H3,(H2,22,23,24,25). The molecule has 27 heavy (non-hydrogen) atoms. The molecule has 1 unspecified atom stereocenters. The highest BCUT2D eigenvalue weighted by molar-refractivity contribution is 6.10. The van der Waals surface area contributed by atoms with Crippen LogP contribution in [0.2, 0.25) is 0 Å². The average Bonchev–Trinajstić information content (AvgIpc) is 3.20. The summed E-state index contributed by atoms with van der Waals surface area (Å²) in [5.74, 6) is -0.0623. The second-order valence-electron chi connectivity index (χ2n) is 6.11. The minimum atomic E-state index is -0.474. The molecule has 1 fully saturated rings. The summed E-state index contributed by atoms with van der Waals surface area (Å²) in [4.78, 5) is 17.0. The molecular weight excluding hydrogens is 349 g/mol. The first-order valence-corrected chi connectivity index (χ1v) is 8.78. The Kier molecular flexibility index (Phi) is 6.38. The van der Waals surface area contributed by atoms with Crippen molar-refractivity contribution in [2.45, 2.75) is 18.9 Å². The number of guanidine groups is 1. The minimum Gasteiger partial charge on any atom is -0.495 e. The number of ether oxygens (including phenoxy) is 2. The first-order valence-electron chi connectivity index (χ1n) is 8.78. The largest absolute Gasteiger partial charge is 0.495 e. The number of nitrogens with one attached hydrogen (secondary N) is 2. The normalized spacial score (nSPS) is 16.8. The third-order valence-electron chi connectivity index (χ3n) is 4.16. The van der Waals surface area contributed by atoms with Crippen LogP contribution in [0.15, 0.2) is 53.5 Å². The molecular formula is C20H22FN3O3. The molecule has 1 heterocycles. The van der Waals surface area contributed by atoms with E-state index < -0.39 is 11.7 Å². The topological polar surface area (TPSA) is 71.9 Å². The number of carbonyl (C=O) groups is 1. The Balaban J connectivity index is 1.78. The van der Waals surface area contributed by atoms with Crippen molar-refractivity contribution in [3.8, 4) is 5.75 Å². The summed E-state index contributed by atoms with van der Waals surface area (Å²) in [6.07, 6.45) is 1.97. The zero-order valence-corrected chi connectivity index (χ0v) is 15.1. The van der Waals surface area contributed by atoms with Gasteiger partial charge in [-0.3, -0.25) is 10.1 Å². The fraction of sp³-hybridized carbons (Fsp3) is 0.300. The minimum absolute atomic E-state index is 0.0329. The summed E-state index contributed by atoms with van der Waals surface area (Å²) in [5.41, 5.74) is 0.868. The number of para-hydroxylation sites is 2. The SMILES string of the molecule is COc1ccccc1NC(=NCC1CCCO1)NC(=O)c1cccc(F)c1. The molecule has 1 saturated heterocycles. The number of hydrogen-bond acceptors (Lipinski definition) is 4. The van der Waals surface area contributed by atoms with Crippen LogP contribution in [0.4, 0.5) is 10.1 Å². The monoisotopic (exact) mass is 371 g/mol. The van der Waals surface area contributed by atoms with E-state index in [4.69, 9.17) is 9.47 Å². The Morgan fingerprint density at radius 1 is 1.30 bits per heavy atom. The van der Waals surface area contributed by atoms with Gasteiger partial charge in [0.25, 0.3) is 5.91 Å². The van der Waals surface area contributed by atoms with E-state index in [1.807, 2.05) is 18.2 Å². The highest BCUT2D eigenvalue weighted by Gasteiger charge is 2.17. The average molecular weight is 371 g/mol. The molecule has 0 bridgehead atoms. The molecule has 0 saturated carbocycles. The maximum atomic E-state index is 13.4. The molecule has 1 aliphatic rings. The molecule has 3 rings (SSSR count). The molecule has 1 atom stereocenters. The Bertz CT molecular complexity index is 820. The molecule has 0 spiro atoms. The van der Waals surface area contributed by atoms with Crippen LogP contribution in [0.1, 0.15) is 23.2 Å². The predicted molar refractivity (Wildman–Crippen MR) is 102 cm³/mol. The third-order valence-corrected chi connectivity index (χ3v) is 4.16. The smallest absolute Gasteiger partial charge is 0.258 e. The van der Waals surface area contributed by atoms with Crippen LogP contribution < -0.4 is 15.4 Å². The second kappa shape index (κ2) is 9.14. The van der Waals surface area contributed by atoms with Gasteiger partial charge in [0, 0.05) is 12.2 Å². The number of amides is 1. The van der Waals surface area contributed by atoms with Crippen LogP contribution in [0.3, 0.4) is 0 Å². The van der Waals surface area contributed by atoms with Gasteiger partial charge in [-0.15, -0.1) is 0 Å². The number of halogens is 1. The maximum Gasteiger partial charge on any atom is 0.258 e. The molecule has 1 aliphatic heterocycles. The van der Waals surface area contributed by atoms with Crippen LogP contribution in [0, 0.1) is 5.82 Å². The quantitative estimate of drug-likeness (QED) is 0.625. The van der Waals surface area contributed by atoms with Crippen molar-refractivity contribution in [3.05, 3.63) is 59.9 Å². The van der Waals surface area contributed by atoms with Gasteiger partial charge >= 0.3 is 0 Å². The van der Waals surface area contributed by atoms with Gasteiger partial charge in [-0.25, -0.2) is 9.38 Å². The molecule has 0 radical (unpaired) electrons. The molecule has 1 amide bonds. The Morgan fingerprint density at radius 2 is 2.15 bits per heavy atom. The van der Waals surface area contributed by atoms with E-state index in [-0.39, 0.29) is 17.6 Å². The van der Waals surface area contributed by atoms with Crippen LogP contribution in [-0.4, -0.2) is 38.2 Å². The summed E-state index contributed by atoms with van der Waals surface area (Å²) in [6, 6.07) is 12.8. The summed E-state index contributed by atoms with van der Waals surface area (Å²) in [5, 5.41) is 5.79. The molecule has 2 aromatic rings. The van der Waals surface area contributed by atoms with Gasteiger partial charge in [0.05, 0.1) is 25.4 Å². The van der Waals surface area contributed by atoms with Crippen LogP contribution in [-0.2, 0) is 4.74 Å². The van der Waals surface area contributed by atoms with Gasteiger partial charge in [-0.1, -0.05) is 18.2 Å². The first kappa shape index (κ1) is 18.8. The summed E-state index contributed by atoms with van der Waals surface area (Å²) < 4.78 is 24.3. The summed E-state index contributed by atoms with van der Waals surface area (Å²) >= 11 is 0. The zero-order chi connectivity index (χ0) is 19.1. The lowest BCUT2D eigenvalue weighted by Crippen LogP contribution is -2.37. The number of nitrogens with zero attached hydrogens (tertiary/aromatic N) is 1. The Morgan fingerprint density at radius 3 is 2.89 bits per heavy atom. The first-order chi connectivity index (χ1) is 13.2. The zero-order valence-electron chi connectivity index (χ0n) is 15.1. The van der Waals surface area contributed by atoms with Gasteiger partial charge in [-0.2, -0.15) is 0 Å². The number of methoxy groups -OCH3 is 1. The van der Waals surface area contributed by atoms with E-state index in [1.54, 1.807) is 19.2 Å². The van der Waals surface area contributed by atoms with Crippen molar-refractivity contribution < 1.29 is 18.7 Å². The molecule has 142 valence electrons. The molecule has 6 nitrogen and oxygen atoms in total. The Labute approximate surface area is 157 Å². The predicted octanol–water partition coefficient (Wildman–Crippen LogP) is 3.21. The molecule has 0 aromatic heterocycles. The van der Waals surface area contributed by atoms with Crippen LogP contribution in [0.25, 0.3) is 0 Å². The van der Waals surface area contributed by atoms with Crippen LogP contribution in [0.5, 0.6) is 5.75 Å². The van der Waals surface area contributed by atoms with Gasteiger partial charge in [0.2, 0.25) is 5.96 Å². The van der Waals surface area contributed by atoms with E-state index in [0.29, 0.717) is 18.0 Å². The number of rotatable bonds is 5. The number of carbonyl (C=O) groups excluding carboxylic acids is 1. The van der Waals surface area contributed by atoms with Crippen molar-refractivity contribution in [2.75, 3.05) is 25.6 Å². The summed E-state index contributed by atoms with van der Waals surface area (Å²) in [7, 11) is 1.56. The van der Waals surface area contributed by atoms with E-state index in [2.05, 4.69) is 15.6 Å². The van der Waals surface area contributed by atoms with E-state index in [0.717, 1.165) is 19.4 Å². The van der Waals surface area contributed by atoms with Crippen LogP contribution >= 0.6 is 0 Å². The lowest BCUT2D eigenvalue weighted by molar-refractivity contribution is 0.0975. The van der Waals surface area contributed by atoms with E-state index in [9.17, 15) is 9.18 Å². The number of hydrogen-bond donors (Lipinski definition) is 2. The lowest BCUT2D eigenvalue weighted by Gasteiger charge is -2.15. The van der Waals surface area contributed by atoms with Crippen molar-refractivity contribution >= 4 is 17.6 Å². The number of aliphatic imine (C=N–C) groups is 1. The molecule has 0 aliphatic carbocycles. The van der Waals surface area contributed by atoms with Crippen molar-refractivity contribution in [1.29, 1.82) is 0 Å². The second-order valence-corrected chi connectivity index (χ2v) is 6.11. The van der Waals surface area contributed by atoms with Gasteiger partial charge in [0.1, 0.15) is 11.6 Å². The third kappa shape index (κ3) is 5.27. The molecule has 2 N–H and O–H groups in total. The van der Waals surface area contributed by atoms with Gasteiger partial charge in [0.15, 0.2) is 0 Å². The van der Waals surface area contributed by atoms with Crippen molar-refractivity contribution in [3.63, 3.8) is 0 Å². The number of anilines is 1.